The Kier molecular flexibility index (Phi) is 4.13. The lowest BCUT2D eigenvalue weighted by molar-refractivity contribution is 0.155. The van der Waals surface area contributed by atoms with Gasteiger partial charge < -0.3 is 20.0 Å². The molecule has 1 aliphatic rings. The van der Waals surface area contributed by atoms with Gasteiger partial charge in [0.2, 0.25) is 5.95 Å². The Balaban J connectivity index is 1.39. The van der Waals surface area contributed by atoms with Crippen molar-refractivity contribution in [2.24, 2.45) is 0 Å². The fourth-order valence-electron chi connectivity index (χ4n) is 3.69. The van der Waals surface area contributed by atoms with Crippen LogP contribution in [0.1, 0.15) is 32.1 Å². The van der Waals surface area contributed by atoms with E-state index in [2.05, 4.69) is 25.3 Å². The third-order valence-corrected chi connectivity index (χ3v) is 5.26. The number of aromatic nitrogens is 4. The van der Waals surface area contributed by atoms with Gasteiger partial charge in [0.15, 0.2) is 0 Å². The molecule has 0 amide bonds. The molecule has 0 aliphatic heterocycles. The second-order valence-electron chi connectivity index (χ2n) is 7.00. The molecule has 6 nitrogen and oxygen atoms in total. The maximum absolute atomic E-state index is 6.15. The number of nitrogens with zero attached hydrogens (tertiary/aromatic N) is 2. The van der Waals surface area contributed by atoms with Crippen LogP contribution in [0.4, 0.5) is 11.6 Å². The average Bonchev–Trinajstić information content (AvgIpc) is 3.26. The smallest absolute Gasteiger partial charge is 0.205 e. The number of imidazole rings is 1. The van der Waals surface area contributed by atoms with Crippen LogP contribution >= 0.6 is 11.6 Å². The van der Waals surface area contributed by atoms with Gasteiger partial charge in [-0.3, -0.25) is 0 Å². The number of hydrogen-bond acceptors (Lipinski definition) is 4. The number of fused-ring (bicyclic) bond motifs is 2. The molecule has 138 valence electrons. The van der Waals surface area contributed by atoms with Gasteiger partial charge >= 0.3 is 0 Å². The van der Waals surface area contributed by atoms with Gasteiger partial charge in [-0.05, 0) is 49.9 Å². The fourth-order valence-corrected chi connectivity index (χ4v) is 3.84. The van der Waals surface area contributed by atoms with Crippen LogP contribution in [0.2, 0.25) is 5.15 Å². The number of nitrogens with one attached hydrogen (secondary N) is 3. The first kappa shape index (κ1) is 16.4. The molecule has 0 spiro atoms. The lowest BCUT2D eigenvalue weighted by Gasteiger charge is -2.22. The van der Waals surface area contributed by atoms with Crippen molar-refractivity contribution < 1.29 is 4.74 Å². The van der Waals surface area contributed by atoms with E-state index in [0.717, 1.165) is 46.3 Å². The number of ether oxygens (including phenoxy) is 1. The summed E-state index contributed by atoms with van der Waals surface area (Å²) >= 11 is 6.02. The zero-order valence-corrected chi connectivity index (χ0v) is 15.5. The molecular formula is C20H20ClN5O. The predicted octanol–water partition coefficient (Wildman–Crippen LogP) is 5.55. The summed E-state index contributed by atoms with van der Waals surface area (Å²) in [6, 6.07) is 9.67. The Morgan fingerprint density at radius 2 is 1.93 bits per heavy atom. The Morgan fingerprint density at radius 3 is 2.81 bits per heavy atom. The van der Waals surface area contributed by atoms with Crippen molar-refractivity contribution >= 4 is 45.3 Å². The van der Waals surface area contributed by atoms with Crippen LogP contribution in [0.5, 0.6) is 5.75 Å². The van der Waals surface area contributed by atoms with Gasteiger partial charge in [0.1, 0.15) is 16.4 Å². The minimum absolute atomic E-state index is 0.332. The Bertz CT molecular complexity index is 1100. The van der Waals surface area contributed by atoms with E-state index in [1.807, 2.05) is 30.5 Å². The molecule has 1 aromatic carbocycles. The van der Waals surface area contributed by atoms with Gasteiger partial charge in [-0.25, -0.2) is 9.97 Å². The minimum Gasteiger partial charge on any atom is -0.490 e. The van der Waals surface area contributed by atoms with Gasteiger partial charge in [0.25, 0.3) is 0 Å². The molecule has 1 aliphatic carbocycles. The van der Waals surface area contributed by atoms with Crippen LogP contribution in [0.15, 0.2) is 36.5 Å². The number of anilines is 2. The number of H-pyrrole nitrogens is 2. The molecule has 1 saturated carbocycles. The van der Waals surface area contributed by atoms with E-state index in [-0.39, 0.29) is 0 Å². The van der Waals surface area contributed by atoms with Crippen molar-refractivity contribution in [3.63, 3.8) is 0 Å². The standard InChI is InChI=1S/C20H20ClN5O/c21-18-9-8-15-19(26-18)17(11-22-15)25-20-23-14-7-6-13(10-16(14)24-20)27-12-4-2-1-3-5-12/h6-12,22H,1-5H2,(H2,23,24,25). The van der Waals surface area contributed by atoms with E-state index in [4.69, 9.17) is 16.3 Å². The summed E-state index contributed by atoms with van der Waals surface area (Å²) in [7, 11) is 0. The topological polar surface area (TPSA) is 78.6 Å². The number of halogens is 1. The molecule has 0 saturated heterocycles. The molecule has 0 radical (unpaired) electrons. The van der Waals surface area contributed by atoms with E-state index in [0.29, 0.717) is 17.2 Å². The third-order valence-electron chi connectivity index (χ3n) is 5.05. The summed E-state index contributed by atoms with van der Waals surface area (Å²) in [6.45, 7) is 0. The molecule has 5 rings (SSSR count). The van der Waals surface area contributed by atoms with Crippen molar-refractivity contribution in [2.45, 2.75) is 38.2 Å². The molecular weight excluding hydrogens is 362 g/mol. The number of hydrogen-bond donors (Lipinski definition) is 3. The van der Waals surface area contributed by atoms with E-state index in [9.17, 15) is 0 Å². The average molecular weight is 382 g/mol. The van der Waals surface area contributed by atoms with Crippen LogP contribution in [0, 0.1) is 0 Å². The molecule has 1 fully saturated rings. The molecule has 27 heavy (non-hydrogen) atoms. The van der Waals surface area contributed by atoms with E-state index < -0.39 is 0 Å². The maximum Gasteiger partial charge on any atom is 0.205 e. The normalized spacial score (nSPS) is 15.4. The summed E-state index contributed by atoms with van der Waals surface area (Å²) in [5.74, 6) is 1.55. The van der Waals surface area contributed by atoms with Crippen molar-refractivity contribution in [1.82, 2.24) is 19.9 Å². The quantitative estimate of drug-likeness (QED) is 0.405. The highest BCUT2D eigenvalue weighted by atomic mass is 35.5. The lowest BCUT2D eigenvalue weighted by atomic mass is 9.98. The highest BCUT2D eigenvalue weighted by Gasteiger charge is 2.15. The summed E-state index contributed by atoms with van der Waals surface area (Å²) in [5.41, 5.74) is 4.35. The second kappa shape index (κ2) is 6.78. The van der Waals surface area contributed by atoms with Crippen molar-refractivity contribution in [1.29, 1.82) is 0 Å². The van der Waals surface area contributed by atoms with Gasteiger partial charge in [-0.15, -0.1) is 0 Å². The van der Waals surface area contributed by atoms with Crippen molar-refractivity contribution in [3.05, 3.63) is 41.7 Å². The highest BCUT2D eigenvalue weighted by molar-refractivity contribution is 6.29. The predicted molar refractivity (Wildman–Crippen MR) is 108 cm³/mol. The summed E-state index contributed by atoms with van der Waals surface area (Å²) in [5, 5.41) is 3.74. The van der Waals surface area contributed by atoms with Crippen molar-refractivity contribution in [3.8, 4) is 5.75 Å². The highest BCUT2D eigenvalue weighted by Crippen LogP contribution is 2.28. The molecule has 3 N–H and O–H groups in total. The minimum atomic E-state index is 0.332. The van der Waals surface area contributed by atoms with Gasteiger partial charge in [0.05, 0.1) is 28.3 Å². The van der Waals surface area contributed by atoms with Gasteiger partial charge in [-0.1, -0.05) is 18.0 Å². The number of benzene rings is 1. The lowest BCUT2D eigenvalue weighted by Crippen LogP contribution is -2.19. The molecule has 3 aromatic heterocycles. The summed E-state index contributed by atoms with van der Waals surface area (Å²) < 4.78 is 6.15. The first-order valence-electron chi connectivity index (χ1n) is 9.32. The monoisotopic (exact) mass is 381 g/mol. The Morgan fingerprint density at radius 1 is 1.04 bits per heavy atom. The van der Waals surface area contributed by atoms with Crippen LogP contribution in [-0.4, -0.2) is 26.0 Å². The van der Waals surface area contributed by atoms with Crippen LogP contribution < -0.4 is 10.1 Å². The zero-order chi connectivity index (χ0) is 18.2. The molecule has 0 bridgehead atoms. The van der Waals surface area contributed by atoms with Crippen LogP contribution in [-0.2, 0) is 0 Å². The number of aromatic amines is 2. The fraction of sp³-hybridized carbons (Fsp3) is 0.300. The third kappa shape index (κ3) is 3.32. The molecule has 7 heteroatoms. The first-order chi connectivity index (χ1) is 13.2. The molecule has 0 unspecified atom stereocenters. The SMILES string of the molecule is Clc1ccc2[nH]cc(Nc3nc4ccc(OC5CCCCC5)cc4[nH]3)c2n1. The zero-order valence-electron chi connectivity index (χ0n) is 14.8. The number of pyridine rings is 1. The van der Waals surface area contributed by atoms with Crippen LogP contribution in [0.25, 0.3) is 22.1 Å². The summed E-state index contributed by atoms with van der Waals surface area (Å²) in [4.78, 5) is 15.5. The number of rotatable bonds is 4. The van der Waals surface area contributed by atoms with E-state index >= 15 is 0 Å². The molecule has 4 aromatic rings. The molecule has 3 heterocycles. The first-order valence-corrected chi connectivity index (χ1v) is 9.69. The van der Waals surface area contributed by atoms with Gasteiger partial charge in [-0.2, -0.15) is 0 Å². The maximum atomic E-state index is 6.15. The Labute approximate surface area is 161 Å². The van der Waals surface area contributed by atoms with Crippen molar-refractivity contribution in [2.75, 3.05) is 5.32 Å². The van der Waals surface area contributed by atoms with Crippen LogP contribution in [0.3, 0.4) is 0 Å². The van der Waals surface area contributed by atoms with E-state index in [1.54, 1.807) is 6.07 Å². The largest absolute Gasteiger partial charge is 0.490 e. The molecule has 0 atom stereocenters. The van der Waals surface area contributed by atoms with Gasteiger partial charge in [0, 0.05) is 12.3 Å². The Hall–Kier alpha value is -2.73. The van der Waals surface area contributed by atoms with E-state index in [1.165, 1.54) is 19.3 Å². The second-order valence-corrected chi connectivity index (χ2v) is 7.39. The summed E-state index contributed by atoms with van der Waals surface area (Å²) in [6.07, 6.45) is 8.31.